The van der Waals surface area contributed by atoms with Crippen molar-refractivity contribution in [3.8, 4) is 0 Å². The van der Waals surface area contributed by atoms with Gasteiger partial charge in [0.25, 0.3) is 0 Å². The standard InChI is InChI=1S/C16H18ClFN2S/c17-12-7-10(5-6-13(12)18)8-14(20-19)16-9-11-3-1-2-4-15(11)21-16/h5-7,9,14,20H,1-4,8,19H2. The molecular weight excluding hydrogens is 307 g/mol. The molecule has 0 saturated carbocycles. The molecule has 3 rings (SSSR count). The maximum atomic E-state index is 13.2. The summed E-state index contributed by atoms with van der Waals surface area (Å²) in [5.41, 5.74) is 5.34. The number of nitrogens with one attached hydrogen (secondary N) is 1. The summed E-state index contributed by atoms with van der Waals surface area (Å²) in [6.45, 7) is 0. The molecule has 1 unspecified atom stereocenters. The molecule has 0 radical (unpaired) electrons. The third kappa shape index (κ3) is 3.29. The molecule has 5 heteroatoms. The Morgan fingerprint density at radius 3 is 2.81 bits per heavy atom. The Morgan fingerprint density at radius 1 is 1.29 bits per heavy atom. The number of hydrogen-bond acceptors (Lipinski definition) is 3. The SMILES string of the molecule is NNC(Cc1ccc(F)c(Cl)c1)c1cc2c(s1)CCCC2. The summed E-state index contributed by atoms with van der Waals surface area (Å²) in [5.74, 6) is 5.34. The van der Waals surface area contributed by atoms with Gasteiger partial charge in [-0.25, -0.2) is 4.39 Å². The fourth-order valence-electron chi connectivity index (χ4n) is 2.83. The van der Waals surface area contributed by atoms with E-state index in [-0.39, 0.29) is 16.9 Å². The molecule has 21 heavy (non-hydrogen) atoms. The summed E-state index contributed by atoms with van der Waals surface area (Å²) >= 11 is 7.69. The summed E-state index contributed by atoms with van der Waals surface area (Å²) in [6, 6.07) is 7.16. The van der Waals surface area contributed by atoms with Gasteiger partial charge in [0.05, 0.1) is 11.1 Å². The second-order valence-electron chi connectivity index (χ2n) is 5.48. The van der Waals surface area contributed by atoms with Crippen LogP contribution in [0.2, 0.25) is 5.02 Å². The largest absolute Gasteiger partial charge is 0.271 e. The highest BCUT2D eigenvalue weighted by atomic mass is 35.5. The first-order chi connectivity index (χ1) is 10.2. The third-order valence-electron chi connectivity index (χ3n) is 3.98. The van der Waals surface area contributed by atoms with Crippen molar-refractivity contribution in [3.63, 3.8) is 0 Å². The first-order valence-electron chi connectivity index (χ1n) is 7.19. The molecule has 112 valence electrons. The number of hydrogen-bond donors (Lipinski definition) is 2. The van der Waals surface area contributed by atoms with Crippen molar-refractivity contribution < 1.29 is 4.39 Å². The minimum absolute atomic E-state index is 0.0436. The Kier molecular flexibility index (Phi) is 4.60. The van der Waals surface area contributed by atoms with Gasteiger partial charge in [-0.2, -0.15) is 0 Å². The van der Waals surface area contributed by atoms with E-state index in [1.807, 2.05) is 11.3 Å². The van der Waals surface area contributed by atoms with Crippen LogP contribution in [0.4, 0.5) is 4.39 Å². The summed E-state index contributed by atoms with van der Waals surface area (Å²) in [6.07, 6.45) is 5.61. The molecule has 0 amide bonds. The molecule has 1 aliphatic rings. The number of hydrazine groups is 1. The van der Waals surface area contributed by atoms with Gasteiger partial charge >= 0.3 is 0 Å². The topological polar surface area (TPSA) is 38.0 Å². The van der Waals surface area contributed by atoms with E-state index in [2.05, 4.69) is 11.5 Å². The molecule has 2 aromatic rings. The zero-order valence-electron chi connectivity index (χ0n) is 11.7. The lowest BCUT2D eigenvalue weighted by Gasteiger charge is -2.14. The molecule has 1 aromatic heterocycles. The van der Waals surface area contributed by atoms with Crippen LogP contribution in [0.1, 0.15) is 39.8 Å². The number of thiophene rings is 1. The van der Waals surface area contributed by atoms with Crippen LogP contribution in [0.25, 0.3) is 0 Å². The normalized spacial score (nSPS) is 15.8. The van der Waals surface area contributed by atoms with Crippen LogP contribution in [-0.2, 0) is 19.3 Å². The van der Waals surface area contributed by atoms with E-state index in [4.69, 9.17) is 17.4 Å². The Labute approximate surface area is 133 Å². The zero-order chi connectivity index (χ0) is 14.8. The van der Waals surface area contributed by atoms with Crippen LogP contribution >= 0.6 is 22.9 Å². The van der Waals surface area contributed by atoms with E-state index >= 15 is 0 Å². The fraction of sp³-hybridized carbons (Fsp3) is 0.375. The number of aryl methyl sites for hydroxylation is 2. The number of nitrogens with two attached hydrogens (primary N) is 1. The molecule has 0 aliphatic heterocycles. The minimum atomic E-state index is -0.385. The summed E-state index contributed by atoms with van der Waals surface area (Å²) < 4.78 is 13.2. The fourth-order valence-corrected chi connectivity index (χ4v) is 4.35. The first-order valence-corrected chi connectivity index (χ1v) is 8.38. The van der Waals surface area contributed by atoms with Gasteiger partial charge in [0.1, 0.15) is 5.82 Å². The van der Waals surface area contributed by atoms with Gasteiger partial charge in [-0.15, -0.1) is 11.3 Å². The molecular formula is C16H18ClFN2S. The monoisotopic (exact) mass is 324 g/mol. The highest BCUT2D eigenvalue weighted by Crippen LogP contribution is 2.34. The van der Waals surface area contributed by atoms with E-state index in [1.165, 1.54) is 47.1 Å². The quantitative estimate of drug-likeness (QED) is 0.654. The van der Waals surface area contributed by atoms with Crippen molar-refractivity contribution in [1.82, 2.24) is 5.43 Å². The van der Waals surface area contributed by atoms with Gasteiger partial charge in [-0.3, -0.25) is 11.3 Å². The predicted molar refractivity (Wildman–Crippen MR) is 86.1 cm³/mol. The minimum Gasteiger partial charge on any atom is -0.271 e. The number of fused-ring (bicyclic) bond motifs is 1. The number of benzene rings is 1. The molecule has 1 aromatic carbocycles. The Bertz CT molecular complexity index is 618. The lowest BCUT2D eigenvalue weighted by molar-refractivity contribution is 0.559. The predicted octanol–water partition coefficient (Wildman–Crippen LogP) is 4.17. The lowest BCUT2D eigenvalue weighted by atomic mass is 9.98. The Morgan fingerprint density at radius 2 is 2.10 bits per heavy atom. The molecule has 0 saturated heterocycles. The Hall–Kier alpha value is -0.940. The van der Waals surface area contributed by atoms with E-state index in [9.17, 15) is 4.39 Å². The van der Waals surface area contributed by atoms with Crippen LogP contribution in [-0.4, -0.2) is 0 Å². The smallest absolute Gasteiger partial charge is 0.141 e. The average molecular weight is 325 g/mol. The van der Waals surface area contributed by atoms with Crippen LogP contribution < -0.4 is 11.3 Å². The molecule has 0 bridgehead atoms. The van der Waals surface area contributed by atoms with Crippen LogP contribution in [0, 0.1) is 5.82 Å². The van der Waals surface area contributed by atoms with Crippen molar-refractivity contribution in [2.45, 2.75) is 38.1 Å². The summed E-state index contributed by atoms with van der Waals surface area (Å²) in [4.78, 5) is 2.75. The molecule has 1 aliphatic carbocycles. The first kappa shape index (κ1) is 15.0. The van der Waals surface area contributed by atoms with Crippen LogP contribution in [0.5, 0.6) is 0 Å². The third-order valence-corrected chi connectivity index (χ3v) is 5.62. The van der Waals surface area contributed by atoms with E-state index in [0.29, 0.717) is 6.42 Å². The second kappa shape index (κ2) is 6.44. The summed E-state index contributed by atoms with van der Waals surface area (Å²) in [5, 5.41) is 0.161. The van der Waals surface area contributed by atoms with Gasteiger partial charge < -0.3 is 0 Å². The number of rotatable bonds is 4. The Balaban J connectivity index is 1.81. The molecule has 2 nitrogen and oxygen atoms in total. The van der Waals surface area contributed by atoms with Gasteiger partial charge in [-0.1, -0.05) is 17.7 Å². The van der Waals surface area contributed by atoms with Gasteiger partial charge in [-0.05, 0) is 61.4 Å². The van der Waals surface area contributed by atoms with Crippen LogP contribution in [0.15, 0.2) is 24.3 Å². The highest BCUT2D eigenvalue weighted by Gasteiger charge is 2.19. The summed E-state index contributed by atoms with van der Waals surface area (Å²) in [7, 11) is 0. The molecule has 0 spiro atoms. The van der Waals surface area contributed by atoms with E-state index in [0.717, 1.165) is 5.56 Å². The molecule has 1 atom stereocenters. The van der Waals surface area contributed by atoms with Crippen molar-refractivity contribution in [2.75, 3.05) is 0 Å². The van der Waals surface area contributed by atoms with Gasteiger partial charge in [0.15, 0.2) is 0 Å². The van der Waals surface area contributed by atoms with E-state index < -0.39 is 0 Å². The maximum Gasteiger partial charge on any atom is 0.141 e. The molecule has 3 N–H and O–H groups in total. The number of halogens is 2. The van der Waals surface area contributed by atoms with Gasteiger partial charge in [0, 0.05) is 9.75 Å². The van der Waals surface area contributed by atoms with Crippen molar-refractivity contribution >= 4 is 22.9 Å². The zero-order valence-corrected chi connectivity index (χ0v) is 13.2. The molecule has 1 heterocycles. The van der Waals surface area contributed by atoms with Crippen molar-refractivity contribution in [1.29, 1.82) is 0 Å². The average Bonchev–Trinajstić information content (AvgIpc) is 2.92. The van der Waals surface area contributed by atoms with E-state index in [1.54, 1.807) is 12.1 Å². The maximum absolute atomic E-state index is 13.2. The lowest BCUT2D eigenvalue weighted by Crippen LogP contribution is -2.29. The van der Waals surface area contributed by atoms with Crippen molar-refractivity contribution in [3.05, 3.63) is 56.0 Å². The highest BCUT2D eigenvalue weighted by molar-refractivity contribution is 7.12. The molecule has 0 fully saturated rings. The second-order valence-corrected chi connectivity index (χ2v) is 7.05. The van der Waals surface area contributed by atoms with Crippen molar-refractivity contribution in [2.24, 2.45) is 5.84 Å². The van der Waals surface area contributed by atoms with Crippen LogP contribution in [0.3, 0.4) is 0 Å². The van der Waals surface area contributed by atoms with Gasteiger partial charge in [0.2, 0.25) is 0 Å².